The summed E-state index contributed by atoms with van der Waals surface area (Å²) >= 11 is 0. The summed E-state index contributed by atoms with van der Waals surface area (Å²) in [6, 6.07) is 28.6. The van der Waals surface area contributed by atoms with Crippen molar-refractivity contribution in [3.63, 3.8) is 0 Å². The molecule has 5 heteroatoms. The highest BCUT2D eigenvalue weighted by atomic mass is 16.3. The number of nitrogens with one attached hydrogen (secondary N) is 1. The van der Waals surface area contributed by atoms with Crippen molar-refractivity contribution in [2.24, 2.45) is 0 Å². The van der Waals surface area contributed by atoms with E-state index in [1.54, 1.807) is 12.1 Å². The first-order valence-electron chi connectivity index (χ1n) is 12.5. The van der Waals surface area contributed by atoms with Gasteiger partial charge in [-0.1, -0.05) is 49.7 Å². The second-order valence-corrected chi connectivity index (χ2v) is 10.0. The molecule has 0 bridgehead atoms. The summed E-state index contributed by atoms with van der Waals surface area (Å²) in [5.41, 5.74) is 8.55. The van der Waals surface area contributed by atoms with Gasteiger partial charge in [0.05, 0.1) is 22.8 Å². The van der Waals surface area contributed by atoms with Crippen molar-refractivity contribution in [3.8, 4) is 45.3 Å². The molecule has 5 aromatic rings. The topological polar surface area (TPSA) is 63.0 Å². The molecule has 3 heterocycles. The van der Waals surface area contributed by atoms with E-state index in [0.717, 1.165) is 51.1 Å². The predicted octanol–water partition coefficient (Wildman–Crippen LogP) is 7.47. The van der Waals surface area contributed by atoms with Crippen LogP contribution in [0.15, 0.2) is 91.1 Å². The Balaban J connectivity index is 1.53. The Morgan fingerprint density at radius 1 is 0.861 bits per heavy atom. The third-order valence-electron chi connectivity index (χ3n) is 7.78. The molecule has 1 aliphatic heterocycles. The zero-order valence-electron chi connectivity index (χ0n) is 20.1. The Bertz CT molecular complexity index is 1600. The monoisotopic (exact) mass is 470 g/mol. The number of benzene rings is 3. The molecule has 1 aliphatic carbocycles. The van der Waals surface area contributed by atoms with Crippen molar-refractivity contribution >= 4 is 11.5 Å². The first-order chi connectivity index (χ1) is 17.6. The summed E-state index contributed by atoms with van der Waals surface area (Å²) in [4.78, 5) is 9.92. The first kappa shape index (κ1) is 20.9. The second kappa shape index (κ2) is 7.82. The van der Waals surface area contributed by atoms with Crippen molar-refractivity contribution in [1.82, 2.24) is 14.5 Å². The third kappa shape index (κ3) is 3.16. The van der Waals surface area contributed by atoms with Crippen LogP contribution in [0.5, 0.6) is 5.75 Å². The molecule has 3 aromatic carbocycles. The molecular formula is C31H26N4O. The molecule has 0 radical (unpaired) electrons. The average molecular weight is 471 g/mol. The van der Waals surface area contributed by atoms with E-state index in [1.165, 1.54) is 24.8 Å². The maximum Gasteiger partial charge on any atom is 0.154 e. The number of phenolic OH excluding ortho intramolecular Hbond substituents is 1. The number of hydrogen-bond donors (Lipinski definition) is 2. The van der Waals surface area contributed by atoms with E-state index in [9.17, 15) is 5.11 Å². The van der Waals surface area contributed by atoms with Gasteiger partial charge < -0.3 is 10.4 Å². The Hall–Kier alpha value is -4.38. The summed E-state index contributed by atoms with van der Waals surface area (Å²) < 4.78 is 2.23. The van der Waals surface area contributed by atoms with Gasteiger partial charge in [0.25, 0.3) is 0 Å². The number of pyridine rings is 1. The van der Waals surface area contributed by atoms with Crippen molar-refractivity contribution in [3.05, 3.63) is 96.7 Å². The van der Waals surface area contributed by atoms with E-state index in [2.05, 4.69) is 64.3 Å². The SMILES string of the molecule is CC1(c2ccc(-c3c(-c4ccc(O)cc4)nc4n3-c3cccnc3Nc3ccccc3-4)cc2)CCC1. The zero-order chi connectivity index (χ0) is 24.3. The largest absolute Gasteiger partial charge is 0.508 e. The van der Waals surface area contributed by atoms with Crippen LogP contribution in [0.25, 0.3) is 39.6 Å². The molecule has 0 spiro atoms. The lowest BCUT2D eigenvalue weighted by Gasteiger charge is -2.39. The minimum Gasteiger partial charge on any atom is -0.508 e. The van der Waals surface area contributed by atoms with Crippen LogP contribution >= 0.6 is 0 Å². The van der Waals surface area contributed by atoms with E-state index in [-0.39, 0.29) is 11.2 Å². The van der Waals surface area contributed by atoms with E-state index >= 15 is 0 Å². The van der Waals surface area contributed by atoms with E-state index in [4.69, 9.17) is 4.98 Å². The number of anilines is 2. The number of aromatic nitrogens is 3. The maximum absolute atomic E-state index is 9.94. The Labute approximate surface area is 210 Å². The Kier molecular flexibility index (Phi) is 4.55. The molecule has 1 saturated carbocycles. The molecule has 0 unspecified atom stereocenters. The van der Waals surface area contributed by atoms with Crippen molar-refractivity contribution in [2.45, 2.75) is 31.6 Å². The van der Waals surface area contributed by atoms with Gasteiger partial charge in [-0.2, -0.15) is 0 Å². The van der Waals surface area contributed by atoms with E-state index in [1.807, 2.05) is 36.5 Å². The number of imidazole rings is 1. The van der Waals surface area contributed by atoms with Gasteiger partial charge in [-0.05, 0) is 72.4 Å². The molecule has 5 nitrogen and oxygen atoms in total. The molecule has 1 fully saturated rings. The van der Waals surface area contributed by atoms with Gasteiger partial charge in [0.1, 0.15) is 11.6 Å². The van der Waals surface area contributed by atoms with Gasteiger partial charge in [0.2, 0.25) is 0 Å². The Morgan fingerprint density at radius 3 is 2.36 bits per heavy atom. The van der Waals surface area contributed by atoms with Crippen LogP contribution in [0.3, 0.4) is 0 Å². The van der Waals surface area contributed by atoms with Gasteiger partial charge in [-0.25, -0.2) is 9.97 Å². The normalized spacial score (nSPS) is 15.0. The number of para-hydroxylation sites is 1. The van der Waals surface area contributed by atoms with E-state index in [0.29, 0.717) is 0 Å². The molecule has 7 rings (SSSR count). The number of fused-ring (bicyclic) bond motifs is 5. The van der Waals surface area contributed by atoms with Crippen molar-refractivity contribution in [1.29, 1.82) is 0 Å². The van der Waals surface area contributed by atoms with Crippen LogP contribution in [0.2, 0.25) is 0 Å². The minimum atomic E-state index is 0.239. The lowest BCUT2D eigenvalue weighted by atomic mass is 9.66. The quantitative estimate of drug-likeness (QED) is 0.282. The molecule has 0 saturated heterocycles. The fraction of sp³-hybridized carbons (Fsp3) is 0.161. The predicted molar refractivity (Wildman–Crippen MR) is 144 cm³/mol. The highest BCUT2D eigenvalue weighted by molar-refractivity contribution is 5.90. The summed E-state index contributed by atoms with van der Waals surface area (Å²) in [5, 5.41) is 13.5. The molecule has 36 heavy (non-hydrogen) atoms. The van der Waals surface area contributed by atoms with Crippen LogP contribution in [-0.2, 0) is 5.41 Å². The van der Waals surface area contributed by atoms with Crippen LogP contribution in [0, 0.1) is 0 Å². The molecule has 176 valence electrons. The second-order valence-electron chi connectivity index (χ2n) is 10.0. The average Bonchev–Trinajstić information content (AvgIpc) is 3.22. The summed E-state index contributed by atoms with van der Waals surface area (Å²) in [5.74, 6) is 1.89. The highest BCUT2D eigenvalue weighted by Crippen LogP contribution is 2.46. The standard InChI is InChI=1S/C31H26N4O/c1-31(17-5-18-31)22-13-9-21(10-14-22)28-27(20-11-15-23(36)16-12-20)34-30-24-6-2-3-7-25(24)33-29-26(35(28)30)8-4-19-32-29/h2-4,6-16,19,36H,5,17-18H2,1H3,(H,32,33). The van der Waals surface area contributed by atoms with Gasteiger partial charge >= 0.3 is 0 Å². The number of aromatic hydroxyl groups is 1. The minimum absolute atomic E-state index is 0.239. The molecule has 2 aliphatic rings. The summed E-state index contributed by atoms with van der Waals surface area (Å²) in [7, 11) is 0. The summed E-state index contributed by atoms with van der Waals surface area (Å²) in [6.07, 6.45) is 5.60. The molecule has 2 N–H and O–H groups in total. The van der Waals surface area contributed by atoms with Gasteiger partial charge in [0, 0.05) is 22.9 Å². The van der Waals surface area contributed by atoms with Gasteiger partial charge in [-0.15, -0.1) is 0 Å². The smallest absolute Gasteiger partial charge is 0.154 e. The van der Waals surface area contributed by atoms with Crippen LogP contribution < -0.4 is 5.32 Å². The van der Waals surface area contributed by atoms with Crippen LogP contribution in [0.1, 0.15) is 31.7 Å². The molecule has 0 atom stereocenters. The third-order valence-corrected chi connectivity index (χ3v) is 7.78. The Morgan fingerprint density at radius 2 is 1.61 bits per heavy atom. The fourth-order valence-corrected chi connectivity index (χ4v) is 5.54. The van der Waals surface area contributed by atoms with Gasteiger partial charge in [0.15, 0.2) is 5.82 Å². The van der Waals surface area contributed by atoms with Crippen molar-refractivity contribution in [2.75, 3.05) is 5.32 Å². The lowest BCUT2D eigenvalue weighted by Crippen LogP contribution is -2.30. The van der Waals surface area contributed by atoms with Crippen LogP contribution in [-0.4, -0.2) is 19.6 Å². The fourth-order valence-electron chi connectivity index (χ4n) is 5.54. The number of hydrogen-bond acceptors (Lipinski definition) is 4. The number of nitrogens with zero attached hydrogens (tertiary/aromatic N) is 3. The molecule has 0 amide bonds. The number of phenols is 1. The van der Waals surface area contributed by atoms with Crippen molar-refractivity contribution < 1.29 is 5.11 Å². The highest BCUT2D eigenvalue weighted by Gasteiger charge is 2.34. The van der Waals surface area contributed by atoms with Gasteiger partial charge in [-0.3, -0.25) is 4.57 Å². The zero-order valence-corrected chi connectivity index (χ0v) is 20.1. The first-order valence-corrected chi connectivity index (χ1v) is 12.5. The van der Waals surface area contributed by atoms with E-state index < -0.39 is 0 Å². The lowest BCUT2D eigenvalue weighted by molar-refractivity contribution is 0.272. The molecule has 2 aromatic heterocycles. The maximum atomic E-state index is 9.94. The van der Waals surface area contributed by atoms with Crippen LogP contribution in [0.4, 0.5) is 11.5 Å². The number of rotatable bonds is 3. The molecular weight excluding hydrogens is 444 g/mol. The summed E-state index contributed by atoms with van der Waals surface area (Å²) in [6.45, 7) is 2.36.